The van der Waals surface area contributed by atoms with Crippen LogP contribution in [0.5, 0.6) is 11.5 Å². The van der Waals surface area contributed by atoms with Crippen LogP contribution < -0.4 is 13.8 Å². The number of carbonyl (C=O) groups is 1. The van der Waals surface area contributed by atoms with E-state index in [0.29, 0.717) is 30.3 Å². The van der Waals surface area contributed by atoms with E-state index in [1.165, 1.54) is 14.2 Å². The second-order valence-electron chi connectivity index (χ2n) is 6.10. The minimum Gasteiger partial charge on any atom is -0.493 e. The van der Waals surface area contributed by atoms with Gasteiger partial charge < -0.3 is 14.4 Å². The highest BCUT2D eigenvalue weighted by molar-refractivity contribution is 7.92. The predicted molar refractivity (Wildman–Crippen MR) is 96.8 cm³/mol. The molecule has 8 heteroatoms. The zero-order valence-electron chi connectivity index (χ0n) is 15.0. The van der Waals surface area contributed by atoms with E-state index in [4.69, 9.17) is 9.47 Å². The van der Waals surface area contributed by atoms with Crippen molar-refractivity contribution in [3.63, 3.8) is 0 Å². The number of sulfonamides is 1. The monoisotopic (exact) mass is 370 g/mol. The van der Waals surface area contributed by atoms with E-state index in [9.17, 15) is 13.2 Å². The molecule has 1 aromatic carbocycles. The number of rotatable bonds is 6. The van der Waals surface area contributed by atoms with Crippen molar-refractivity contribution in [1.29, 1.82) is 0 Å². The zero-order valence-corrected chi connectivity index (χ0v) is 15.8. The number of anilines is 1. The fraction of sp³-hybridized carbons (Fsp3) is 0.588. The summed E-state index contributed by atoms with van der Waals surface area (Å²) in [6.07, 6.45) is 5.23. The Morgan fingerprint density at radius 1 is 1.08 bits per heavy atom. The van der Waals surface area contributed by atoms with Crippen molar-refractivity contribution in [2.45, 2.75) is 25.7 Å². The molecular weight excluding hydrogens is 344 g/mol. The minimum atomic E-state index is -3.62. The molecule has 0 radical (unpaired) electrons. The van der Waals surface area contributed by atoms with Gasteiger partial charge >= 0.3 is 0 Å². The van der Waals surface area contributed by atoms with Crippen molar-refractivity contribution in [3.05, 3.63) is 18.2 Å². The number of methoxy groups -OCH3 is 2. The molecule has 25 heavy (non-hydrogen) atoms. The van der Waals surface area contributed by atoms with Gasteiger partial charge in [0.15, 0.2) is 11.5 Å². The summed E-state index contributed by atoms with van der Waals surface area (Å²) in [6, 6.07) is 4.80. The van der Waals surface area contributed by atoms with Crippen molar-refractivity contribution in [1.82, 2.24) is 4.90 Å². The van der Waals surface area contributed by atoms with Crippen molar-refractivity contribution >= 4 is 21.6 Å². The fourth-order valence-corrected chi connectivity index (χ4v) is 3.76. The molecule has 0 aliphatic carbocycles. The molecular formula is C17H26N2O5S. The summed E-state index contributed by atoms with van der Waals surface area (Å²) >= 11 is 0. The number of carbonyl (C=O) groups excluding carboxylic acids is 1. The lowest BCUT2D eigenvalue weighted by Crippen LogP contribution is -2.43. The first-order valence-corrected chi connectivity index (χ1v) is 10.2. The number of ether oxygens (including phenoxy) is 2. The molecule has 0 bridgehead atoms. The molecule has 1 aliphatic heterocycles. The minimum absolute atomic E-state index is 0.179. The number of likely N-dealkylation sites (tertiary alicyclic amines) is 1. The van der Waals surface area contributed by atoms with Crippen molar-refractivity contribution in [3.8, 4) is 11.5 Å². The lowest BCUT2D eigenvalue weighted by atomic mass is 10.2. The highest BCUT2D eigenvalue weighted by atomic mass is 32.2. The summed E-state index contributed by atoms with van der Waals surface area (Å²) in [7, 11) is -0.626. The van der Waals surface area contributed by atoms with Crippen LogP contribution in [0.4, 0.5) is 5.69 Å². The fourth-order valence-electron chi connectivity index (χ4n) is 2.92. The highest BCUT2D eigenvalue weighted by Crippen LogP contribution is 2.32. The normalized spacial score (nSPS) is 15.4. The Kier molecular flexibility index (Phi) is 6.52. The molecule has 0 N–H and O–H groups in total. The molecule has 1 saturated heterocycles. The van der Waals surface area contributed by atoms with Gasteiger partial charge in [0.1, 0.15) is 6.54 Å². The van der Waals surface area contributed by atoms with Crippen LogP contribution >= 0.6 is 0 Å². The molecule has 1 fully saturated rings. The standard InChI is InChI=1S/C17H26N2O5S/c1-23-15-9-8-14(12-16(15)24-2)19(25(3,21)22)13-17(20)18-10-6-4-5-7-11-18/h8-9,12H,4-7,10-11,13H2,1-3H3. The molecule has 7 nitrogen and oxygen atoms in total. The third-order valence-corrected chi connectivity index (χ3v) is 5.43. The van der Waals surface area contributed by atoms with Crippen molar-refractivity contribution in [2.24, 2.45) is 0 Å². The largest absolute Gasteiger partial charge is 0.493 e. The van der Waals surface area contributed by atoms with Gasteiger partial charge in [0, 0.05) is 19.2 Å². The van der Waals surface area contributed by atoms with Crippen LogP contribution in [0, 0.1) is 0 Å². The molecule has 0 spiro atoms. The molecule has 140 valence electrons. The topological polar surface area (TPSA) is 76.2 Å². The quantitative estimate of drug-likeness (QED) is 0.764. The second-order valence-corrected chi connectivity index (χ2v) is 8.01. The van der Waals surface area contributed by atoms with E-state index < -0.39 is 10.0 Å². The van der Waals surface area contributed by atoms with Crippen LogP contribution in [-0.4, -0.2) is 59.3 Å². The Balaban J connectivity index is 2.26. The molecule has 1 aromatic rings. The third-order valence-electron chi connectivity index (χ3n) is 4.29. The number of nitrogens with zero attached hydrogens (tertiary/aromatic N) is 2. The average molecular weight is 370 g/mol. The second kappa shape index (κ2) is 8.42. The highest BCUT2D eigenvalue weighted by Gasteiger charge is 2.25. The first-order valence-electron chi connectivity index (χ1n) is 8.34. The van der Waals surface area contributed by atoms with E-state index in [0.717, 1.165) is 36.2 Å². The molecule has 1 amide bonds. The number of benzene rings is 1. The Morgan fingerprint density at radius 3 is 2.20 bits per heavy atom. The Bertz CT molecular complexity index is 697. The molecule has 0 atom stereocenters. The summed E-state index contributed by atoms with van der Waals surface area (Å²) in [5.74, 6) is 0.733. The maximum atomic E-state index is 12.6. The Morgan fingerprint density at radius 2 is 1.68 bits per heavy atom. The van der Waals surface area contributed by atoms with Crippen LogP contribution in [0.1, 0.15) is 25.7 Å². The average Bonchev–Trinajstić information content (AvgIpc) is 2.87. The Labute approximate surface area is 149 Å². The van der Waals surface area contributed by atoms with Gasteiger partial charge in [-0.3, -0.25) is 9.10 Å². The van der Waals surface area contributed by atoms with Crippen LogP contribution in [-0.2, 0) is 14.8 Å². The van der Waals surface area contributed by atoms with E-state index >= 15 is 0 Å². The summed E-state index contributed by atoms with van der Waals surface area (Å²) in [5, 5.41) is 0. The SMILES string of the molecule is COc1ccc(N(CC(=O)N2CCCCCC2)S(C)(=O)=O)cc1OC. The van der Waals surface area contributed by atoms with Gasteiger partial charge in [0.25, 0.3) is 0 Å². The van der Waals surface area contributed by atoms with Gasteiger partial charge in [-0.25, -0.2) is 8.42 Å². The first kappa shape index (κ1) is 19.4. The summed E-state index contributed by atoms with van der Waals surface area (Å²) in [4.78, 5) is 14.4. The molecule has 0 unspecified atom stereocenters. The predicted octanol–water partition coefficient (Wildman–Crippen LogP) is 1.87. The summed E-state index contributed by atoms with van der Waals surface area (Å²) in [5.41, 5.74) is 0.378. The number of hydrogen-bond acceptors (Lipinski definition) is 5. The smallest absolute Gasteiger partial charge is 0.243 e. The van der Waals surface area contributed by atoms with E-state index in [2.05, 4.69) is 0 Å². The van der Waals surface area contributed by atoms with Crippen molar-refractivity contribution in [2.75, 3.05) is 44.4 Å². The van der Waals surface area contributed by atoms with Crippen LogP contribution in [0.3, 0.4) is 0 Å². The van der Waals surface area contributed by atoms with Crippen molar-refractivity contribution < 1.29 is 22.7 Å². The van der Waals surface area contributed by atoms with Crippen LogP contribution in [0.25, 0.3) is 0 Å². The molecule has 0 aromatic heterocycles. The van der Waals surface area contributed by atoms with Gasteiger partial charge in [0.2, 0.25) is 15.9 Å². The first-order chi connectivity index (χ1) is 11.9. The van der Waals surface area contributed by atoms with E-state index in [1.807, 2.05) is 0 Å². The van der Waals surface area contributed by atoms with E-state index in [1.54, 1.807) is 23.1 Å². The summed E-state index contributed by atoms with van der Waals surface area (Å²) in [6.45, 7) is 1.15. The molecule has 2 rings (SSSR count). The maximum absolute atomic E-state index is 12.6. The van der Waals surface area contributed by atoms with Gasteiger partial charge in [-0.05, 0) is 25.0 Å². The van der Waals surface area contributed by atoms with Gasteiger partial charge in [0.05, 0.1) is 26.2 Å². The van der Waals surface area contributed by atoms with E-state index in [-0.39, 0.29) is 12.5 Å². The van der Waals surface area contributed by atoms with Gasteiger partial charge in [-0.1, -0.05) is 12.8 Å². The third kappa shape index (κ3) is 5.01. The van der Waals surface area contributed by atoms with Crippen LogP contribution in [0.15, 0.2) is 18.2 Å². The lowest BCUT2D eigenvalue weighted by molar-refractivity contribution is -0.129. The maximum Gasteiger partial charge on any atom is 0.243 e. The number of hydrogen-bond donors (Lipinski definition) is 0. The lowest BCUT2D eigenvalue weighted by Gasteiger charge is -2.27. The number of amides is 1. The summed E-state index contributed by atoms with van der Waals surface area (Å²) < 4.78 is 36.0. The van der Waals surface area contributed by atoms with Gasteiger partial charge in [-0.2, -0.15) is 0 Å². The zero-order chi connectivity index (χ0) is 18.4. The Hall–Kier alpha value is -1.96. The van der Waals surface area contributed by atoms with Gasteiger partial charge in [-0.15, -0.1) is 0 Å². The molecule has 0 saturated carbocycles. The molecule has 1 aliphatic rings. The van der Waals surface area contributed by atoms with Crippen LogP contribution in [0.2, 0.25) is 0 Å². The molecule has 1 heterocycles.